The van der Waals surface area contributed by atoms with Crippen molar-refractivity contribution in [1.29, 1.82) is 0 Å². The summed E-state index contributed by atoms with van der Waals surface area (Å²) < 4.78 is 17.1. The molecule has 1 heterocycles. The molecule has 1 amide bonds. The molecule has 31 heavy (non-hydrogen) atoms. The number of nitrogens with zero attached hydrogens (tertiary/aromatic N) is 1. The SMILES string of the molecule is COC(=O)[C@@H]1C=C2C=C[C@@H](O[Si](C)(C)C(C)(C)C)C[C@H]2N1C(=O)OCc1ccccc1. The van der Waals surface area contributed by atoms with Crippen LogP contribution in [0.1, 0.15) is 32.8 Å². The Hall–Kier alpha value is -2.38. The molecule has 0 saturated heterocycles. The van der Waals surface area contributed by atoms with E-state index in [0.717, 1.165) is 11.1 Å². The van der Waals surface area contributed by atoms with E-state index in [4.69, 9.17) is 13.9 Å². The van der Waals surface area contributed by atoms with E-state index in [1.165, 1.54) is 12.0 Å². The molecule has 0 aromatic heterocycles. The molecular weight excluding hydrogens is 410 g/mol. The first-order chi connectivity index (χ1) is 14.5. The number of carbonyl (C=O) groups is 2. The lowest BCUT2D eigenvalue weighted by atomic mass is 9.96. The van der Waals surface area contributed by atoms with Crippen molar-refractivity contribution in [3.63, 3.8) is 0 Å². The minimum atomic E-state index is -1.99. The summed E-state index contributed by atoms with van der Waals surface area (Å²) in [5, 5.41) is 0.0789. The van der Waals surface area contributed by atoms with Gasteiger partial charge in [0.25, 0.3) is 0 Å². The first-order valence-electron chi connectivity index (χ1n) is 10.7. The topological polar surface area (TPSA) is 65.1 Å². The van der Waals surface area contributed by atoms with Crippen LogP contribution in [-0.2, 0) is 25.3 Å². The van der Waals surface area contributed by atoms with Crippen molar-refractivity contribution in [2.45, 2.75) is 70.1 Å². The van der Waals surface area contributed by atoms with Crippen LogP contribution in [0.4, 0.5) is 4.79 Å². The summed E-state index contributed by atoms with van der Waals surface area (Å²) >= 11 is 0. The monoisotopic (exact) mass is 443 g/mol. The molecule has 168 valence electrons. The zero-order chi connectivity index (χ0) is 22.8. The van der Waals surface area contributed by atoms with Crippen molar-refractivity contribution in [1.82, 2.24) is 4.90 Å². The van der Waals surface area contributed by atoms with Crippen LogP contribution in [0.15, 0.2) is 54.1 Å². The zero-order valence-corrected chi connectivity index (χ0v) is 20.3. The predicted octanol–water partition coefficient (Wildman–Crippen LogP) is 4.83. The van der Waals surface area contributed by atoms with Crippen LogP contribution in [-0.4, -0.2) is 50.6 Å². The fraction of sp³-hybridized carbons (Fsp3) is 0.500. The average Bonchev–Trinajstić information content (AvgIpc) is 3.10. The second-order valence-electron chi connectivity index (χ2n) is 9.61. The summed E-state index contributed by atoms with van der Waals surface area (Å²) in [5.41, 5.74) is 1.81. The Morgan fingerprint density at radius 3 is 2.45 bits per heavy atom. The number of fused-ring (bicyclic) bond motifs is 1. The lowest BCUT2D eigenvalue weighted by molar-refractivity contribution is -0.144. The van der Waals surface area contributed by atoms with Crippen LogP contribution < -0.4 is 0 Å². The zero-order valence-electron chi connectivity index (χ0n) is 19.3. The van der Waals surface area contributed by atoms with Gasteiger partial charge in [0, 0.05) is 6.42 Å². The quantitative estimate of drug-likeness (QED) is 0.482. The highest BCUT2D eigenvalue weighted by Crippen LogP contribution is 2.40. The molecular formula is C24H33NO5Si. The molecule has 0 saturated carbocycles. The minimum absolute atomic E-state index is 0.0789. The van der Waals surface area contributed by atoms with E-state index in [0.29, 0.717) is 6.42 Å². The Kier molecular flexibility index (Phi) is 6.76. The Morgan fingerprint density at radius 2 is 1.84 bits per heavy atom. The smallest absolute Gasteiger partial charge is 0.411 e. The van der Waals surface area contributed by atoms with Crippen LogP contribution >= 0.6 is 0 Å². The molecule has 7 heteroatoms. The highest BCUT2D eigenvalue weighted by Gasteiger charge is 2.46. The van der Waals surface area contributed by atoms with E-state index in [1.54, 1.807) is 6.08 Å². The number of esters is 1. The fourth-order valence-electron chi connectivity index (χ4n) is 3.64. The summed E-state index contributed by atoms with van der Waals surface area (Å²) in [6.45, 7) is 11.2. The maximum atomic E-state index is 13.1. The van der Waals surface area contributed by atoms with Crippen LogP contribution in [0.25, 0.3) is 0 Å². The highest BCUT2D eigenvalue weighted by atomic mass is 28.4. The van der Waals surface area contributed by atoms with Gasteiger partial charge in [-0.15, -0.1) is 0 Å². The molecule has 1 aliphatic heterocycles. The summed E-state index contributed by atoms with van der Waals surface area (Å²) in [6.07, 6.45) is 5.73. The number of rotatable bonds is 5. The third kappa shape index (κ3) is 5.10. The molecule has 0 bridgehead atoms. The van der Waals surface area contributed by atoms with E-state index in [-0.39, 0.29) is 23.8 Å². The van der Waals surface area contributed by atoms with E-state index in [9.17, 15) is 9.59 Å². The molecule has 3 rings (SSSR count). The summed E-state index contributed by atoms with van der Waals surface area (Å²) in [7, 11) is -0.659. The molecule has 0 fully saturated rings. The van der Waals surface area contributed by atoms with Crippen molar-refractivity contribution in [2.75, 3.05) is 7.11 Å². The van der Waals surface area contributed by atoms with Gasteiger partial charge in [0.05, 0.1) is 19.3 Å². The Balaban J connectivity index is 1.77. The second kappa shape index (κ2) is 9.00. The number of hydrogen-bond acceptors (Lipinski definition) is 5. The number of methoxy groups -OCH3 is 1. The Labute approximate surface area is 186 Å². The number of ether oxygens (including phenoxy) is 2. The number of hydrogen-bond donors (Lipinski definition) is 0. The molecule has 1 aromatic rings. The first-order valence-corrected chi connectivity index (χ1v) is 13.6. The maximum absolute atomic E-state index is 13.1. The number of carbonyl (C=O) groups excluding carboxylic acids is 2. The van der Waals surface area contributed by atoms with Gasteiger partial charge in [-0.25, -0.2) is 9.59 Å². The van der Waals surface area contributed by atoms with Gasteiger partial charge in [-0.1, -0.05) is 63.3 Å². The normalized spacial score (nSPS) is 23.2. The summed E-state index contributed by atoms with van der Waals surface area (Å²) in [5.74, 6) is -0.478. The van der Waals surface area contributed by atoms with Gasteiger partial charge < -0.3 is 13.9 Å². The van der Waals surface area contributed by atoms with E-state index < -0.39 is 26.4 Å². The standard InChI is InChI=1S/C24H33NO5Si/c1-24(2,3)31(5,6)30-19-13-12-18-14-21(22(26)28-4)25(20(18)15-19)23(27)29-16-17-10-8-7-9-11-17/h7-14,19-21H,15-16H2,1-6H3/t19-,20-,21+/m1/s1. The molecule has 6 nitrogen and oxygen atoms in total. The van der Waals surface area contributed by atoms with Gasteiger partial charge in [-0.2, -0.15) is 0 Å². The van der Waals surface area contributed by atoms with Crippen molar-refractivity contribution in [3.8, 4) is 0 Å². The number of benzene rings is 1. The Bertz CT molecular complexity index is 872. The third-order valence-electron chi connectivity index (χ3n) is 6.44. The molecule has 3 atom stereocenters. The van der Waals surface area contributed by atoms with Gasteiger partial charge in [-0.3, -0.25) is 4.90 Å². The van der Waals surface area contributed by atoms with Gasteiger partial charge in [0.15, 0.2) is 14.4 Å². The van der Waals surface area contributed by atoms with Gasteiger partial charge >= 0.3 is 12.1 Å². The van der Waals surface area contributed by atoms with Crippen molar-refractivity contribution >= 4 is 20.4 Å². The predicted molar refractivity (Wildman–Crippen MR) is 122 cm³/mol. The van der Waals surface area contributed by atoms with Crippen molar-refractivity contribution in [2.24, 2.45) is 0 Å². The molecule has 2 aliphatic rings. The van der Waals surface area contributed by atoms with Gasteiger partial charge in [-0.05, 0) is 35.3 Å². The van der Waals surface area contributed by atoms with E-state index in [2.05, 4.69) is 33.9 Å². The lowest BCUT2D eigenvalue weighted by Gasteiger charge is -2.41. The first kappa shape index (κ1) is 23.3. The molecule has 0 spiro atoms. The van der Waals surface area contributed by atoms with Crippen LogP contribution in [0.5, 0.6) is 0 Å². The summed E-state index contributed by atoms with van der Waals surface area (Å²) in [4.78, 5) is 27.0. The molecule has 1 aromatic carbocycles. The Morgan fingerprint density at radius 1 is 1.16 bits per heavy atom. The fourth-order valence-corrected chi connectivity index (χ4v) is 4.93. The van der Waals surface area contributed by atoms with Crippen LogP contribution in [0.2, 0.25) is 18.1 Å². The summed E-state index contributed by atoms with van der Waals surface area (Å²) in [6, 6.07) is 8.40. The minimum Gasteiger partial charge on any atom is -0.467 e. The van der Waals surface area contributed by atoms with Gasteiger partial charge in [0.1, 0.15) is 6.61 Å². The van der Waals surface area contributed by atoms with Crippen molar-refractivity contribution < 1.29 is 23.5 Å². The molecule has 0 radical (unpaired) electrons. The molecule has 0 N–H and O–H groups in total. The molecule has 1 aliphatic carbocycles. The lowest BCUT2D eigenvalue weighted by Crippen LogP contribution is -2.50. The maximum Gasteiger partial charge on any atom is 0.411 e. The van der Waals surface area contributed by atoms with E-state index >= 15 is 0 Å². The van der Waals surface area contributed by atoms with Crippen LogP contribution in [0.3, 0.4) is 0 Å². The molecule has 0 unspecified atom stereocenters. The van der Waals surface area contributed by atoms with Crippen LogP contribution in [0, 0.1) is 0 Å². The average molecular weight is 444 g/mol. The highest BCUT2D eigenvalue weighted by molar-refractivity contribution is 6.74. The van der Waals surface area contributed by atoms with Gasteiger partial charge in [0.2, 0.25) is 0 Å². The second-order valence-corrected chi connectivity index (χ2v) is 14.4. The largest absolute Gasteiger partial charge is 0.467 e. The van der Waals surface area contributed by atoms with Crippen molar-refractivity contribution in [3.05, 3.63) is 59.7 Å². The van der Waals surface area contributed by atoms with E-state index in [1.807, 2.05) is 42.5 Å². The third-order valence-corrected chi connectivity index (χ3v) is 10.9. The number of amides is 1.